The first-order valence-electron chi connectivity index (χ1n) is 6.51. The van der Waals surface area contributed by atoms with Crippen molar-refractivity contribution in [3.05, 3.63) is 0 Å². The van der Waals surface area contributed by atoms with Crippen molar-refractivity contribution >= 4 is 5.97 Å². The number of methoxy groups -OCH3 is 1. The lowest BCUT2D eigenvalue weighted by Gasteiger charge is -2.31. The normalized spacial score (nSPS) is 16.8. The van der Waals surface area contributed by atoms with Crippen LogP contribution < -0.4 is 0 Å². The topological polar surface area (TPSA) is 46.5 Å². The molecule has 2 unspecified atom stereocenters. The summed E-state index contributed by atoms with van der Waals surface area (Å²) in [6.45, 7) is 3.34. The molecule has 0 aromatic rings. The highest BCUT2D eigenvalue weighted by atomic mass is 19.4. The molecule has 0 bridgehead atoms. The van der Waals surface area contributed by atoms with Gasteiger partial charge in [0, 0.05) is 6.42 Å². The van der Waals surface area contributed by atoms with Gasteiger partial charge in [0.05, 0.1) is 18.6 Å². The third kappa shape index (κ3) is 7.40. The number of rotatable bonds is 8. The van der Waals surface area contributed by atoms with E-state index in [9.17, 15) is 23.1 Å². The largest absolute Gasteiger partial charge is 0.469 e. The van der Waals surface area contributed by atoms with Crippen LogP contribution in [0.3, 0.4) is 0 Å². The summed E-state index contributed by atoms with van der Waals surface area (Å²) in [6, 6.07) is 0. The third-order valence-electron chi connectivity index (χ3n) is 3.23. The van der Waals surface area contributed by atoms with E-state index >= 15 is 0 Å². The van der Waals surface area contributed by atoms with Crippen LogP contribution in [0.5, 0.6) is 0 Å². The predicted molar refractivity (Wildman–Crippen MR) is 65.6 cm³/mol. The number of carbonyl (C=O) groups excluding carboxylic acids is 1. The summed E-state index contributed by atoms with van der Waals surface area (Å²) in [7, 11) is 1.22. The van der Waals surface area contributed by atoms with Gasteiger partial charge >= 0.3 is 12.1 Å². The number of unbranched alkanes of at least 4 members (excludes halogenated alkanes) is 1. The van der Waals surface area contributed by atoms with Crippen LogP contribution in [0.2, 0.25) is 0 Å². The number of carbonyl (C=O) groups is 1. The second-order valence-corrected chi connectivity index (χ2v) is 5.04. The molecule has 0 saturated heterocycles. The van der Waals surface area contributed by atoms with Crippen molar-refractivity contribution in [1.29, 1.82) is 0 Å². The summed E-state index contributed by atoms with van der Waals surface area (Å²) in [5.41, 5.74) is -1.46. The van der Waals surface area contributed by atoms with E-state index < -0.39 is 30.1 Å². The number of hydrogen-bond acceptors (Lipinski definition) is 3. The quantitative estimate of drug-likeness (QED) is 0.694. The zero-order valence-corrected chi connectivity index (χ0v) is 11.7. The lowest BCUT2D eigenvalue weighted by molar-refractivity contribution is -0.157. The number of ether oxygens (including phenoxy) is 1. The average Bonchev–Trinajstić information content (AvgIpc) is 2.26. The molecule has 0 aromatic carbocycles. The zero-order chi connectivity index (χ0) is 15.1. The van der Waals surface area contributed by atoms with Crippen LogP contribution in [0.1, 0.15) is 52.4 Å². The number of halogens is 3. The van der Waals surface area contributed by atoms with Crippen molar-refractivity contribution in [3.63, 3.8) is 0 Å². The fourth-order valence-corrected chi connectivity index (χ4v) is 2.05. The Bertz CT molecular complexity index is 275. The molecule has 0 amide bonds. The van der Waals surface area contributed by atoms with Gasteiger partial charge in [0.25, 0.3) is 0 Å². The molecule has 0 aromatic heterocycles. The predicted octanol–water partition coefficient (Wildman–Crippen LogP) is 3.45. The van der Waals surface area contributed by atoms with Crippen LogP contribution in [-0.2, 0) is 9.53 Å². The minimum absolute atomic E-state index is 0.0734. The first-order valence-corrected chi connectivity index (χ1v) is 6.51. The van der Waals surface area contributed by atoms with E-state index in [0.29, 0.717) is 6.42 Å². The average molecular weight is 284 g/mol. The summed E-state index contributed by atoms with van der Waals surface area (Å²) >= 11 is 0. The molecule has 0 fully saturated rings. The van der Waals surface area contributed by atoms with Crippen LogP contribution in [0.15, 0.2) is 0 Å². The Morgan fingerprint density at radius 1 is 1.26 bits per heavy atom. The van der Waals surface area contributed by atoms with Crippen molar-refractivity contribution in [2.75, 3.05) is 7.11 Å². The molecule has 114 valence electrons. The maximum absolute atomic E-state index is 12.1. The molecular weight excluding hydrogens is 261 g/mol. The highest BCUT2D eigenvalue weighted by molar-refractivity contribution is 5.73. The summed E-state index contributed by atoms with van der Waals surface area (Å²) in [4.78, 5) is 11.6. The molecule has 0 heterocycles. The Balaban J connectivity index is 4.54. The number of esters is 1. The van der Waals surface area contributed by atoms with E-state index in [1.165, 1.54) is 14.0 Å². The Kier molecular flexibility index (Phi) is 7.41. The van der Waals surface area contributed by atoms with Crippen LogP contribution >= 0.6 is 0 Å². The summed E-state index contributed by atoms with van der Waals surface area (Å²) in [5, 5.41) is 10.2. The Hall–Kier alpha value is -0.780. The van der Waals surface area contributed by atoms with Crippen LogP contribution in [0.4, 0.5) is 13.2 Å². The van der Waals surface area contributed by atoms with E-state index in [1.807, 2.05) is 6.92 Å². The molecule has 6 heteroatoms. The standard InChI is InChI=1S/C13H23F3O3/c1-4-5-7-10(11(17)19-3)12(2,18)8-6-9-13(14,15)16/h10,18H,4-9H2,1-3H3. The van der Waals surface area contributed by atoms with Gasteiger partial charge < -0.3 is 9.84 Å². The SMILES string of the molecule is CCCCC(C(=O)OC)C(C)(O)CCCC(F)(F)F. The molecule has 0 aliphatic rings. The molecule has 3 nitrogen and oxygen atoms in total. The lowest BCUT2D eigenvalue weighted by Crippen LogP contribution is -2.40. The maximum Gasteiger partial charge on any atom is 0.389 e. The molecule has 0 spiro atoms. The monoisotopic (exact) mass is 284 g/mol. The van der Waals surface area contributed by atoms with E-state index in [4.69, 9.17) is 0 Å². The van der Waals surface area contributed by atoms with Gasteiger partial charge in [0.15, 0.2) is 0 Å². The zero-order valence-electron chi connectivity index (χ0n) is 11.7. The highest BCUT2D eigenvalue weighted by Gasteiger charge is 2.38. The van der Waals surface area contributed by atoms with Crippen LogP contribution in [-0.4, -0.2) is 30.0 Å². The number of aliphatic hydroxyl groups is 1. The van der Waals surface area contributed by atoms with Gasteiger partial charge in [-0.3, -0.25) is 4.79 Å². The molecule has 2 atom stereocenters. The van der Waals surface area contributed by atoms with Gasteiger partial charge in [0.2, 0.25) is 0 Å². The van der Waals surface area contributed by atoms with Gasteiger partial charge in [-0.15, -0.1) is 0 Å². The number of hydrogen-bond donors (Lipinski definition) is 1. The van der Waals surface area contributed by atoms with Gasteiger partial charge in [-0.05, 0) is 26.2 Å². The third-order valence-corrected chi connectivity index (χ3v) is 3.23. The summed E-state index contributed by atoms with van der Waals surface area (Å²) in [6.07, 6.45) is -3.49. The van der Waals surface area contributed by atoms with Crippen molar-refractivity contribution in [1.82, 2.24) is 0 Å². The molecule has 19 heavy (non-hydrogen) atoms. The first kappa shape index (κ1) is 18.2. The van der Waals surface area contributed by atoms with E-state index in [1.54, 1.807) is 0 Å². The highest BCUT2D eigenvalue weighted by Crippen LogP contribution is 2.31. The fraction of sp³-hybridized carbons (Fsp3) is 0.923. The molecule has 0 aliphatic carbocycles. The Morgan fingerprint density at radius 3 is 2.26 bits per heavy atom. The molecule has 0 saturated carbocycles. The Labute approximate surface area is 112 Å². The van der Waals surface area contributed by atoms with Gasteiger partial charge in [-0.25, -0.2) is 0 Å². The minimum atomic E-state index is -4.24. The van der Waals surface area contributed by atoms with Gasteiger partial charge in [-0.1, -0.05) is 19.8 Å². The minimum Gasteiger partial charge on any atom is -0.469 e. The van der Waals surface area contributed by atoms with Gasteiger partial charge in [-0.2, -0.15) is 13.2 Å². The van der Waals surface area contributed by atoms with Gasteiger partial charge in [0.1, 0.15) is 0 Å². The van der Waals surface area contributed by atoms with Crippen LogP contribution in [0.25, 0.3) is 0 Å². The fourth-order valence-electron chi connectivity index (χ4n) is 2.05. The van der Waals surface area contributed by atoms with E-state index in [2.05, 4.69) is 4.74 Å². The molecular formula is C13H23F3O3. The van der Waals surface area contributed by atoms with E-state index in [0.717, 1.165) is 12.8 Å². The summed E-state index contributed by atoms with van der Waals surface area (Å²) in [5.74, 6) is -1.34. The molecule has 1 N–H and O–H groups in total. The smallest absolute Gasteiger partial charge is 0.389 e. The van der Waals surface area contributed by atoms with Crippen molar-refractivity contribution in [2.24, 2.45) is 5.92 Å². The summed E-state index contributed by atoms with van der Waals surface area (Å²) < 4.78 is 40.9. The lowest BCUT2D eigenvalue weighted by atomic mass is 9.81. The molecule has 0 rings (SSSR count). The van der Waals surface area contributed by atoms with Crippen molar-refractivity contribution < 1.29 is 27.8 Å². The van der Waals surface area contributed by atoms with E-state index in [-0.39, 0.29) is 12.8 Å². The van der Waals surface area contributed by atoms with Crippen molar-refractivity contribution in [3.8, 4) is 0 Å². The van der Waals surface area contributed by atoms with Crippen molar-refractivity contribution in [2.45, 2.75) is 64.1 Å². The first-order chi connectivity index (χ1) is 8.64. The maximum atomic E-state index is 12.1. The molecule has 0 radical (unpaired) electrons. The number of alkyl halides is 3. The van der Waals surface area contributed by atoms with Crippen LogP contribution in [0, 0.1) is 5.92 Å². The second kappa shape index (κ2) is 7.72. The Morgan fingerprint density at radius 2 is 1.84 bits per heavy atom. The molecule has 0 aliphatic heterocycles. The second-order valence-electron chi connectivity index (χ2n) is 5.04.